The lowest BCUT2D eigenvalue weighted by molar-refractivity contribution is 0.206. The predicted molar refractivity (Wildman–Crippen MR) is 73.2 cm³/mol. The van der Waals surface area contributed by atoms with Crippen LogP contribution in [0.1, 0.15) is 6.42 Å². The van der Waals surface area contributed by atoms with Crippen LogP contribution in [0.15, 0.2) is 28.7 Å². The average molecular weight is 299 g/mol. The summed E-state index contributed by atoms with van der Waals surface area (Å²) in [6, 6.07) is 7.94. The largest absolute Gasteiger partial charge is 0.493 e. The van der Waals surface area contributed by atoms with Crippen molar-refractivity contribution in [3.05, 3.63) is 28.7 Å². The van der Waals surface area contributed by atoms with Crippen LogP contribution in [0.5, 0.6) is 5.75 Å². The van der Waals surface area contributed by atoms with Crippen molar-refractivity contribution >= 4 is 15.9 Å². The van der Waals surface area contributed by atoms with Gasteiger partial charge in [0.15, 0.2) is 0 Å². The van der Waals surface area contributed by atoms with Gasteiger partial charge < -0.3 is 15.8 Å². The van der Waals surface area contributed by atoms with E-state index in [4.69, 9.17) is 10.5 Å². The van der Waals surface area contributed by atoms with Crippen molar-refractivity contribution in [2.75, 3.05) is 26.2 Å². The SMILES string of the molecule is NCC(COc1cccc(Br)c1)C1CCNC1. The van der Waals surface area contributed by atoms with Crippen LogP contribution in [0.4, 0.5) is 0 Å². The van der Waals surface area contributed by atoms with E-state index in [1.165, 1.54) is 6.42 Å². The van der Waals surface area contributed by atoms with Crippen molar-refractivity contribution in [2.24, 2.45) is 17.6 Å². The Morgan fingerprint density at radius 2 is 2.41 bits per heavy atom. The molecule has 0 aromatic heterocycles. The third kappa shape index (κ3) is 3.69. The molecule has 3 nitrogen and oxygen atoms in total. The normalized spacial score (nSPS) is 21.4. The molecule has 0 radical (unpaired) electrons. The number of halogens is 1. The molecule has 0 amide bonds. The molecular formula is C13H19BrN2O. The summed E-state index contributed by atoms with van der Waals surface area (Å²) in [6.07, 6.45) is 1.21. The molecule has 2 rings (SSSR count). The van der Waals surface area contributed by atoms with Crippen LogP contribution in [-0.4, -0.2) is 26.2 Å². The second-order valence-corrected chi connectivity index (χ2v) is 5.43. The first kappa shape index (κ1) is 12.9. The molecule has 94 valence electrons. The molecule has 0 bridgehead atoms. The lowest BCUT2D eigenvalue weighted by Gasteiger charge is -2.21. The van der Waals surface area contributed by atoms with Gasteiger partial charge in [0, 0.05) is 10.4 Å². The minimum absolute atomic E-state index is 0.448. The van der Waals surface area contributed by atoms with Gasteiger partial charge >= 0.3 is 0 Å². The number of hydrogen-bond acceptors (Lipinski definition) is 3. The van der Waals surface area contributed by atoms with E-state index >= 15 is 0 Å². The molecule has 1 aliphatic heterocycles. The van der Waals surface area contributed by atoms with Crippen molar-refractivity contribution in [2.45, 2.75) is 6.42 Å². The summed E-state index contributed by atoms with van der Waals surface area (Å²) in [7, 11) is 0. The summed E-state index contributed by atoms with van der Waals surface area (Å²) in [5.41, 5.74) is 5.83. The zero-order chi connectivity index (χ0) is 12.1. The maximum Gasteiger partial charge on any atom is 0.120 e. The van der Waals surface area contributed by atoms with Crippen LogP contribution >= 0.6 is 15.9 Å². The first-order chi connectivity index (χ1) is 8.29. The van der Waals surface area contributed by atoms with Crippen LogP contribution in [0.2, 0.25) is 0 Å². The molecule has 2 unspecified atom stereocenters. The number of hydrogen-bond donors (Lipinski definition) is 2. The van der Waals surface area contributed by atoms with Crippen LogP contribution in [0.3, 0.4) is 0 Å². The van der Waals surface area contributed by atoms with Gasteiger partial charge in [-0.1, -0.05) is 22.0 Å². The predicted octanol–water partition coefficient (Wildman–Crippen LogP) is 2.01. The topological polar surface area (TPSA) is 47.3 Å². The van der Waals surface area contributed by atoms with Crippen molar-refractivity contribution in [1.29, 1.82) is 0 Å². The van der Waals surface area contributed by atoms with E-state index in [-0.39, 0.29) is 0 Å². The van der Waals surface area contributed by atoms with Crippen LogP contribution in [-0.2, 0) is 0 Å². The molecular weight excluding hydrogens is 280 g/mol. The second-order valence-electron chi connectivity index (χ2n) is 4.52. The van der Waals surface area contributed by atoms with Crippen molar-refractivity contribution in [3.63, 3.8) is 0 Å². The van der Waals surface area contributed by atoms with E-state index in [1.54, 1.807) is 0 Å². The van der Waals surface area contributed by atoms with Gasteiger partial charge in [0.2, 0.25) is 0 Å². The lowest BCUT2D eigenvalue weighted by Crippen LogP contribution is -2.30. The third-order valence-corrected chi connectivity index (χ3v) is 3.82. The molecule has 3 N–H and O–H groups in total. The van der Waals surface area contributed by atoms with Gasteiger partial charge in [-0.2, -0.15) is 0 Å². The van der Waals surface area contributed by atoms with Gasteiger partial charge in [0.1, 0.15) is 5.75 Å². The van der Waals surface area contributed by atoms with Gasteiger partial charge in [0.05, 0.1) is 6.61 Å². The van der Waals surface area contributed by atoms with E-state index in [2.05, 4.69) is 21.2 Å². The average Bonchev–Trinajstić information content (AvgIpc) is 2.84. The minimum atomic E-state index is 0.448. The maximum atomic E-state index is 5.83. The molecule has 1 heterocycles. The van der Waals surface area contributed by atoms with Crippen LogP contribution in [0, 0.1) is 11.8 Å². The number of nitrogens with one attached hydrogen (secondary N) is 1. The van der Waals surface area contributed by atoms with Gasteiger partial charge in [-0.05, 0) is 50.2 Å². The summed E-state index contributed by atoms with van der Waals surface area (Å²) in [6.45, 7) is 3.58. The van der Waals surface area contributed by atoms with Crippen LogP contribution in [0.25, 0.3) is 0 Å². The summed E-state index contributed by atoms with van der Waals surface area (Å²) < 4.78 is 6.86. The molecule has 1 aromatic carbocycles. The Hall–Kier alpha value is -0.580. The van der Waals surface area contributed by atoms with Crippen molar-refractivity contribution in [1.82, 2.24) is 5.32 Å². The molecule has 1 aromatic rings. The summed E-state index contributed by atoms with van der Waals surface area (Å²) in [5.74, 6) is 2.01. The zero-order valence-electron chi connectivity index (χ0n) is 9.86. The Balaban J connectivity index is 1.87. The summed E-state index contributed by atoms with van der Waals surface area (Å²) >= 11 is 3.44. The van der Waals surface area contributed by atoms with E-state index in [9.17, 15) is 0 Å². The monoisotopic (exact) mass is 298 g/mol. The second kappa shape index (κ2) is 6.38. The quantitative estimate of drug-likeness (QED) is 0.874. The number of nitrogens with two attached hydrogens (primary N) is 1. The Morgan fingerprint density at radius 1 is 1.53 bits per heavy atom. The summed E-state index contributed by atoms with van der Waals surface area (Å²) in [5, 5.41) is 3.38. The Bertz CT molecular complexity index is 353. The Kier molecular flexibility index (Phi) is 4.83. The summed E-state index contributed by atoms with van der Waals surface area (Å²) in [4.78, 5) is 0. The first-order valence-electron chi connectivity index (χ1n) is 6.08. The molecule has 1 aliphatic rings. The van der Waals surface area contributed by atoms with Crippen LogP contribution < -0.4 is 15.8 Å². The molecule has 1 saturated heterocycles. The number of ether oxygens (including phenoxy) is 1. The molecule has 0 spiro atoms. The molecule has 0 saturated carbocycles. The highest BCUT2D eigenvalue weighted by Gasteiger charge is 2.24. The Morgan fingerprint density at radius 3 is 3.06 bits per heavy atom. The highest BCUT2D eigenvalue weighted by Crippen LogP contribution is 2.22. The number of rotatable bonds is 5. The number of benzene rings is 1. The fourth-order valence-electron chi connectivity index (χ4n) is 2.24. The lowest BCUT2D eigenvalue weighted by atomic mass is 9.92. The van der Waals surface area contributed by atoms with E-state index in [1.807, 2.05) is 24.3 Å². The highest BCUT2D eigenvalue weighted by molar-refractivity contribution is 9.10. The zero-order valence-corrected chi connectivity index (χ0v) is 11.4. The van der Waals surface area contributed by atoms with Crippen molar-refractivity contribution < 1.29 is 4.74 Å². The molecule has 1 fully saturated rings. The highest BCUT2D eigenvalue weighted by atomic mass is 79.9. The fraction of sp³-hybridized carbons (Fsp3) is 0.538. The molecule has 0 aliphatic carbocycles. The smallest absolute Gasteiger partial charge is 0.120 e. The molecule has 17 heavy (non-hydrogen) atoms. The standard InChI is InChI=1S/C13H19BrN2O/c14-12-2-1-3-13(6-12)17-9-11(7-15)10-4-5-16-8-10/h1-3,6,10-11,16H,4-5,7-9,15H2. The Labute approximate surface area is 111 Å². The maximum absolute atomic E-state index is 5.83. The van der Waals surface area contributed by atoms with Gasteiger partial charge in [-0.3, -0.25) is 0 Å². The minimum Gasteiger partial charge on any atom is -0.493 e. The van der Waals surface area contributed by atoms with E-state index < -0.39 is 0 Å². The fourth-order valence-corrected chi connectivity index (χ4v) is 2.61. The molecule has 2 atom stereocenters. The van der Waals surface area contributed by atoms with Gasteiger partial charge in [-0.15, -0.1) is 0 Å². The van der Waals surface area contributed by atoms with Gasteiger partial charge in [-0.25, -0.2) is 0 Å². The molecule has 4 heteroatoms. The first-order valence-corrected chi connectivity index (χ1v) is 6.88. The third-order valence-electron chi connectivity index (χ3n) is 3.33. The van der Waals surface area contributed by atoms with E-state index in [0.29, 0.717) is 25.0 Å². The van der Waals surface area contributed by atoms with E-state index in [0.717, 1.165) is 23.3 Å². The van der Waals surface area contributed by atoms with Gasteiger partial charge in [0.25, 0.3) is 0 Å². The van der Waals surface area contributed by atoms with Crippen molar-refractivity contribution in [3.8, 4) is 5.75 Å².